The lowest BCUT2D eigenvalue weighted by Gasteiger charge is -2.31. The number of nitrogens with zero attached hydrogens (tertiary/aromatic N) is 3. The van der Waals surface area contributed by atoms with Gasteiger partial charge in [0.25, 0.3) is 5.56 Å². The molecule has 4 heterocycles. The average molecular weight is 477 g/mol. The van der Waals surface area contributed by atoms with Crippen molar-refractivity contribution < 1.29 is 19.0 Å². The van der Waals surface area contributed by atoms with Crippen LogP contribution in [0.1, 0.15) is 59.2 Å². The van der Waals surface area contributed by atoms with Crippen molar-refractivity contribution in [2.45, 2.75) is 57.9 Å². The third-order valence-corrected chi connectivity index (χ3v) is 7.83. The van der Waals surface area contributed by atoms with Crippen LogP contribution >= 0.6 is 0 Å². The van der Waals surface area contributed by atoms with Gasteiger partial charge in [-0.1, -0.05) is 6.92 Å². The number of pyridine rings is 2. The highest BCUT2D eigenvalue weighted by atomic mass is 19.1. The fourth-order valence-corrected chi connectivity index (χ4v) is 5.93. The maximum absolute atomic E-state index is 14.9. The van der Waals surface area contributed by atoms with Gasteiger partial charge in [0.15, 0.2) is 5.60 Å². The number of nitrogens with one attached hydrogen (secondary N) is 1. The zero-order valence-corrected chi connectivity index (χ0v) is 19.6. The predicted molar refractivity (Wildman–Crippen MR) is 128 cm³/mol. The smallest absolute Gasteiger partial charge is 0.343 e. The Hall–Kier alpha value is -3.43. The van der Waals surface area contributed by atoms with Gasteiger partial charge >= 0.3 is 5.97 Å². The first-order valence-electron chi connectivity index (χ1n) is 11.8. The summed E-state index contributed by atoms with van der Waals surface area (Å²) in [7, 11) is 0. The summed E-state index contributed by atoms with van der Waals surface area (Å²) in [6.45, 7) is 7.50. The van der Waals surface area contributed by atoms with Gasteiger partial charge in [-0.15, -0.1) is 0 Å². The average Bonchev–Trinajstić information content (AvgIpc) is 3.22. The van der Waals surface area contributed by atoms with Crippen molar-refractivity contribution in [2.24, 2.45) is 4.99 Å². The summed E-state index contributed by atoms with van der Waals surface area (Å²) in [6, 6.07) is 3.07. The molecule has 0 unspecified atom stereocenters. The van der Waals surface area contributed by atoms with E-state index >= 15 is 0 Å². The first-order valence-corrected chi connectivity index (χ1v) is 11.8. The van der Waals surface area contributed by atoms with Gasteiger partial charge in [0, 0.05) is 28.6 Å². The van der Waals surface area contributed by atoms with Crippen LogP contribution in [0, 0.1) is 12.7 Å². The van der Waals surface area contributed by atoms with Crippen LogP contribution in [0.25, 0.3) is 22.3 Å². The molecule has 0 amide bonds. The molecule has 2 N–H and O–H groups in total. The van der Waals surface area contributed by atoms with E-state index in [1.807, 2.05) is 0 Å². The first-order chi connectivity index (χ1) is 16.8. The molecule has 9 heteroatoms. The van der Waals surface area contributed by atoms with Crippen LogP contribution in [-0.2, 0) is 34.7 Å². The van der Waals surface area contributed by atoms with Crippen LogP contribution in [0.3, 0.4) is 0 Å². The van der Waals surface area contributed by atoms with E-state index in [1.165, 1.54) is 6.07 Å². The second kappa shape index (κ2) is 7.53. The summed E-state index contributed by atoms with van der Waals surface area (Å²) in [5.74, 6) is -1.07. The summed E-state index contributed by atoms with van der Waals surface area (Å²) in [6.07, 6.45) is 1.52. The number of benzene rings is 1. The van der Waals surface area contributed by atoms with Gasteiger partial charge < -0.3 is 14.4 Å². The van der Waals surface area contributed by atoms with Gasteiger partial charge in [0.1, 0.15) is 12.4 Å². The molecule has 1 aromatic carbocycles. The van der Waals surface area contributed by atoms with E-state index in [9.17, 15) is 19.1 Å². The van der Waals surface area contributed by atoms with Gasteiger partial charge in [-0.05, 0) is 55.7 Å². The van der Waals surface area contributed by atoms with Crippen LogP contribution < -0.4 is 10.9 Å². The molecule has 0 radical (unpaired) electrons. The van der Waals surface area contributed by atoms with Crippen molar-refractivity contribution >= 4 is 23.6 Å². The maximum atomic E-state index is 14.9. The molecule has 0 bridgehead atoms. The molecule has 8 nitrogen and oxygen atoms in total. The third kappa shape index (κ3) is 2.85. The predicted octanol–water partition coefficient (Wildman–Crippen LogP) is 2.76. The molecule has 0 saturated carbocycles. The number of aryl methyl sites for hydroxylation is 1. The second-order valence-corrected chi connectivity index (χ2v) is 9.49. The molecule has 3 aromatic rings. The van der Waals surface area contributed by atoms with Crippen molar-refractivity contribution in [2.75, 3.05) is 6.67 Å². The van der Waals surface area contributed by atoms with Gasteiger partial charge in [-0.25, -0.2) is 14.2 Å². The Morgan fingerprint density at radius 2 is 2.14 bits per heavy atom. The Kier molecular flexibility index (Phi) is 4.75. The Labute approximate surface area is 200 Å². The van der Waals surface area contributed by atoms with E-state index in [0.29, 0.717) is 42.1 Å². The molecular weight excluding hydrogens is 451 g/mol. The number of aliphatic imine (C=N–C) groups is 1. The van der Waals surface area contributed by atoms with Crippen LogP contribution in [0.4, 0.5) is 4.39 Å². The van der Waals surface area contributed by atoms with Crippen LogP contribution in [-0.4, -0.2) is 34.0 Å². The largest absolute Gasteiger partial charge is 0.458 e. The topological polar surface area (TPSA) is 106 Å². The molecule has 35 heavy (non-hydrogen) atoms. The Morgan fingerprint density at radius 1 is 1.34 bits per heavy atom. The van der Waals surface area contributed by atoms with Gasteiger partial charge in [0.2, 0.25) is 0 Å². The van der Waals surface area contributed by atoms with E-state index in [-0.39, 0.29) is 41.6 Å². The quantitative estimate of drug-likeness (QED) is 0.347. The highest BCUT2D eigenvalue weighted by molar-refractivity contribution is 5.93. The van der Waals surface area contributed by atoms with E-state index in [4.69, 9.17) is 9.72 Å². The van der Waals surface area contributed by atoms with Gasteiger partial charge in [-0.3, -0.25) is 15.1 Å². The SMILES string of the molecule is C=NCN[C@H]1CCc2c(C)c(F)cc3nc4c(c1c23)Cn1c-4cc2c(c1=O)COC(=O)[C@]2(O)CC. The lowest BCUT2D eigenvalue weighted by Crippen LogP contribution is -2.44. The number of carbonyl (C=O) groups excluding carboxylic acids is 1. The summed E-state index contributed by atoms with van der Waals surface area (Å²) >= 11 is 0. The summed E-state index contributed by atoms with van der Waals surface area (Å²) in [5.41, 5.74) is 3.37. The van der Waals surface area contributed by atoms with Crippen molar-refractivity contribution in [3.05, 3.63) is 61.7 Å². The number of cyclic esters (lactones) is 1. The maximum Gasteiger partial charge on any atom is 0.343 e. The number of ether oxygens (including phenoxy) is 1. The minimum absolute atomic E-state index is 0.0609. The monoisotopic (exact) mass is 476 g/mol. The number of rotatable bonds is 4. The fraction of sp³-hybridized carbons (Fsp3) is 0.385. The molecule has 2 atom stereocenters. The van der Waals surface area contributed by atoms with E-state index in [2.05, 4.69) is 17.0 Å². The Morgan fingerprint density at radius 3 is 2.89 bits per heavy atom. The number of hydrogen-bond acceptors (Lipinski definition) is 7. The van der Waals surface area contributed by atoms with Gasteiger partial charge in [-0.2, -0.15) is 0 Å². The summed E-state index contributed by atoms with van der Waals surface area (Å²) < 4.78 is 21.6. The molecule has 1 aliphatic carbocycles. The van der Waals surface area contributed by atoms with Crippen molar-refractivity contribution in [1.29, 1.82) is 0 Å². The van der Waals surface area contributed by atoms with Crippen LogP contribution in [0.15, 0.2) is 21.9 Å². The molecule has 3 aliphatic rings. The highest BCUT2D eigenvalue weighted by Gasteiger charge is 2.45. The van der Waals surface area contributed by atoms with Gasteiger partial charge in [0.05, 0.1) is 35.7 Å². The number of aliphatic hydroxyl groups is 1. The Balaban J connectivity index is 1.67. The number of esters is 1. The molecule has 0 fully saturated rings. The zero-order valence-electron chi connectivity index (χ0n) is 19.6. The molecule has 0 saturated heterocycles. The number of fused-ring (bicyclic) bond motifs is 5. The zero-order chi connectivity index (χ0) is 24.6. The van der Waals surface area contributed by atoms with Crippen molar-refractivity contribution in [3.63, 3.8) is 0 Å². The molecule has 2 aliphatic heterocycles. The summed E-state index contributed by atoms with van der Waals surface area (Å²) in [4.78, 5) is 34.8. The number of carbonyl (C=O) groups is 1. The second-order valence-electron chi connectivity index (χ2n) is 9.49. The van der Waals surface area contributed by atoms with Crippen LogP contribution in [0.2, 0.25) is 0 Å². The molecule has 6 rings (SSSR count). The first kappa shape index (κ1) is 22.1. The fourth-order valence-electron chi connectivity index (χ4n) is 5.93. The van der Waals surface area contributed by atoms with E-state index in [1.54, 1.807) is 24.5 Å². The number of aromatic nitrogens is 2. The lowest BCUT2D eigenvalue weighted by atomic mass is 9.81. The van der Waals surface area contributed by atoms with Crippen LogP contribution in [0.5, 0.6) is 0 Å². The van der Waals surface area contributed by atoms with Crippen molar-refractivity contribution in [3.8, 4) is 11.4 Å². The van der Waals surface area contributed by atoms with E-state index in [0.717, 1.165) is 28.5 Å². The standard InChI is InChI=1S/C26H25FN4O4/c1-4-26(34)16-7-20-23-14(9-31(20)24(32)15(16)10-35-25(26)33)22-18(29-11-28-3)6-5-13-12(2)17(27)8-19(30-23)21(13)22/h7-8,18,29,34H,3-6,9-11H2,1-2H3/t18-,26-/m0/s1. The highest BCUT2D eigenvalue weighted by Crippen LogP contribution is 2.45. The van der Waals surface area contributed by atoms with Crippen molar-refractivity contribution in [1.82, 2.24) is 14.9 Å². The summed E-state index contributed by atoms with van der Waals surface area (Å²) in [5, 5.41) is 15.4. The lowest BCUT2D eigenvalue weighted by molar-refractivity contribution is -0.172. The number of halogens is 1. The minimum Gasteiger partial charge on any atom is -0.458 e. The number of hydrogen-bond donors (Lipinski definition) is 2. The Bertz CT molecular complexity index is 1530. The molecule has 2 aromatic heterocycles. The molecule has 0 spiro atoms. The minimum atomic E-state index is -1.90. The normalized spacial score (nSPS) is 21.9. The van der Waals surface area contributed by atoms with E-state index < -0.39 is 11.6 Å². The third-order valence-electron chi connectivity index (χ3n) is 7.83. The molecule has 180 valence electrons. The molecular formula is C26H25FN4O4.